The largest absolute Gasteiger partial charge is 0.495 e. The SMILES string of the molecule is COc1ccccc1N1CC(C(=O)N(C)Cc2ccc(C(F)(F)F)cc2)CC1=O. The van der Waals surface area contributed by atoms with Gasteiger partial charge in [0.1, 0.15) is 5.75 Å². The topological polar surface area (TPSA) is 49.9 Å². The van der Waals surface area contributed by atoms with Crippen LogP contribution < -0.4 is 9.64 Å². The first kappa shape index (κ1) is 20.7. The number of carbonyl (C=O) groups excluding carboxylic acids is 2. The minimum absolute atomic E-state index is 0.0776. The normalized spacial score (nSPS) is 16.8. The highest BCUT2D eigenvalue weighted by Crippen LogP contribution is 2.33. The fourth-order valence-electron chi connectivity index (χ4n) is 3.42. The van der Waals surface area contributed by atoms with E-state index in [1.807, 2.05) is 0 Å². The summed E-state index contributed by atoms with van der Waals surface area (Å²) in [5, 5.41) is 0. The Morgan fingerprint density at radius 1 is 1.17 bits per heavy atom. The molecule has 2 aromatic rings. The zero-order valence-corrected chi connectivity index (χ0v) is 16.1. The highest BCUT2D eigenvalue weighted by molar-refractivity contribution is 6.01. The maximum Gasteiger partial charge on any atom is 0.416 e. The zero-order valence-electron chi connectivity index (χ0n) is 16.1. The van der Waals surface area contributed by atoms with Gasteiger partial charge in [-0.25, -0.2) is 0 Å². The van der Waals surface area contributed by atoms with Crippen molar-refractivity contribution in [2.24, 2.45) is 5.92 Å². The number of carbonyl (C=O) groups is 2. The van der Waals surface area contributed by atoms with Crippen LogP contribution in [0.25, 0.3) is 0 Å². The number of ether oxygens (including phenoxy) is 1. The van der Waals surface area contributed by atoms with Gasteiger partial charge in [0.25, 0.3) is 0 Å². The Bertz CT molecular complexity index is 897. The minimum atomic E-state index is -4.40. The quantitative estimate of drug-likeness (QED) is 0.761. The fourth-order valence-corrected chi connectivity index (χ4v) is 3.42. The van der Waals surface area contributed by atoms with Crippen LogP contribution >= 0.6 is 0 Å². The van der Waals surface area contributed by atoms with E-state index in [-0.39, 0.29) is 31.3 Å². The molecule has 0 aliphatic carbocycles. The number of amides is 2. The molecule has 3 rings (SSSR count). The highest BCUT2D eigenvalue weighted by atomic mass is 19.4. The van der Waals surface area contributed by atoms with Gasteiger partial charge in [0.05, 0.1) is 24.3 Å². The maximum absolute atomic E-state index is 12.8. The lowest BCUT2D eigenvalue weighted by Crippen LogP contribution is -2.34. The van der Waals surface area contributed by atoms with Gasteiger partial charge in [-0.3, -0.25) is 9.59 Å². The second-order valence-electron chi connectivity index (χ2n) is 6.97. The number of methoxy groups -OCH3 is 1. The Morgan fingerprint density at radius 2 is 1.83 bits per heavy atom. The molecule has 0 spiro atoms. The van der Waals surface area contributed by atoms with Crippen LogP contribution in [0.1, 0.15) is 17.5 Å². The molecule has 1 saturated heterocycles. The third-order valence-electron chi connectivity index (χ3n) is 4.93. The van der Waals surface area contributed by atoms with Crippen LogP contribution in [-0.4, -0.2) is 37.4 Å². The molecular weight excluding hydrogens is 385 g/mol. The van der Waals surface area contributed by atoms with Crippen LogP contribution in [-0.2, 0) is 22.3 Å². The lowest BCUT2D eigenvalue weighted by molar-refractivity contribution is -0.137. The molecule has 154 valence electrons. The van der Waals surface area contributed by atoms with Crippen molar-refractivity contribution in [3.8, 4) is 5.75 Å². The molecule has 1 fully saturated rings. The van der Waals surface area contributed by atoms with Crippen molar-refractivity contribution >= 4 is 17.5 Å². The molecule has 5 nitrogen and oxygen atoms in total. The van der Waals surface area contributed by atoms with Crippen LogP contribution in [0.2, 0.25) is 0 Å². The van der Waals surface area contributed by atoms with Crippen molar-refractivity contribution in [3.63, 3.8) is 0 Å². The number of hydrogen-bond donors (Lipinski definition) is 0. The molecule has 0 radical (unpaired) electrons. The third-order valence-corrected chi connectivity index (χ3v) is 4.93. The number of rotatable bonds is 5. The number of para-hydroxylation sites is 2. The Hall–Kier alpha value is -3.03. The second kappa shape index (κ2) is 8.14. The first-order valence-corrected chi connectivity index (χ1v) is 9.05. The van der Waals surface area contributed by atoms with Gasteiger partial charge in [0.2, 0.25) is 11.8 Å². The van der Waals surface area contributed by atoms with Crippen LogP contribution in [0, 0.1) is 5.92 Å². The predicted octanol–water partition coefficient (Wildman–Crippen LogP) is 3.73. The van der Waals surface area contributed by atoms with Crippen LogP contribution in [0.5, 0.6) is 5.75 Å². The molecule has 8 heteroatoms. The Kier molecular flexibility index (Phi) is 5.81. The van der Waals surface area contributed by atoms with E-state index < -0.39 is 17.7 Å². The van der Waals surface area contributed by atoms with Crippen molar-refractivity contribution in [2.45, 2.75) is 19.1 Å². The van der Waals surface area contributed by atoms with E-state index in [0.717, 1.165) is 12.1 Å². The Balaban J connectivity index is 1.67. The Morgan fingerprint density at radius 3 is 2.45 bits per heavy atom. The van der Waals surface area contributed by atoms with Crippen molar-refractivity contribution < 1.29 is 27.5 Å². The molecule has 2 aromatic carbocycles. The summed E-state index contributed by atoms with van der Waals surface area (Å²) in [7, 11) is 3.09. The number of anilines is 1. The van der Waals surface area contributed by atoms with Gasteiger partial charge in [-0.05, 0) is 29.8 Å². The molecule has 29 heavy (non-hydrogen) atoms. The standard InChI is InChI=1S/C21H21F3N2O3/c1-25(12-14-7-9-16(10-8-14)21(22,23)24)20(28)15-11-19(27)26(13-15)17-5-3-4-6-18(17)29-2/h3-10,15H,11-13H2,1-2H3. The summed E-state index contributed by atoms with van der Waals surface area (Å²) >= 11 is 0. The molecule has 0 N–H and O–H groups in total. The third kappa shape index (κ3) is 4.52. The number of benzene rings is 2. The van der Waals surface area contributed by atoms with Crippen molar-refractivity contribution in [2.75, 3.05) is 25.6 Å². The van der Waals surface area contributed by atoms with Gasteiger partial charge in [0.15, 0.2) is 0 Å². The van der Waals surface area contributed by atoms with E-state index in [4.69, 9.17) is 4.74 Å². The molecule has 2 amide bonds. The van der Waals surface area contributed by atoms with E-state index in [1.54, 1.807) is 31.3 Å². The lowest BCUT2D eigenvalue weighted by Gasteiger charge is -2.22. The number of alkyl halides is 3. The summed E-state index contributed by atoms with van der Waals surface area (Å²) in [6.07, 6.45) is -4.32. The van der Waals surface area contributed by atoms with E-state index in [0.29, 0.717) is 17.0 Å². The van der Waals surface area contributed by atoms with Crippen molar-refractivity contribution in [1.29, 1.82) is 0 Å². The molecule has 0 aromatic heterocycles. The zero-order chi connectivity index (χ0) is 21.2. The summed E-state index contributed by atoms with van der Waals surface area (Å²) in [4.78, 5) is 28.2. The highest BCUT2D eigenvalue weighted by Gasteiger charge is 2.37. The van der Waals surface area contributed by atoms with Gasteiger partial charge in [-0.15, -0.1) is 0 Å². The van der Waals surface area contributed by atoms with Crippen molar-refractivity contribution in [3.05, 3.63) is 59.7 Å². The average Bonchev–Trinajstić information content (AvgIpc) is 3.08. The predicted molar refractivity (Wildman–Crippen MR) is 101 cm³/mol. The lowest BCUT2D eigenvalue weighted by atomic mass is 10.1. The molecule has 0 saturated carbocycles. The molecule has 0 bridgehead atoms. The molecule has 1 unspecified atom stereocenters. The molecular formula is C21H21F3N2O3. The number of nitrogens with zero attached hydrogens (tertiary/aromatic N) is 2. The van der Waals surface area contributed by atoms with Gasteiger partial charge >= 0.3 is 6.18 Å². The first-order chi connectivity index (χ1) is 13.7. The van der Waals surface area contributed by atoms with E-state index in [9.17, 15) is 22.8 Å². The average molecular weight is 406 g/mol. The second-order valence-corrected chi connectivity index (χ2v) is 6.97. The summed E-state index contributed by atoms with van der Waals surface area (Å²) < 4.78 is 43.3. The summed E-state index contributed by atoms with van der Waals surface area (Å²) in [5.74, 6) is -0.370. The maximum atomic E-state index is 12.8. The summed E-state index contributed by atoms with van der Waals surface area (Å²) in [6, 6.07) is 11.8. The molecule has 1 aliphatic heterocycles. The van der Waals surface area contributed by atoms with Gasteiger partial charge < -0.3 is 14.5 Å². The monoisotopic (exact) mass is 406 g/mol. The van der Waals surface area contributed by atoms with Crippen LogP contribution in [0.15, 0.2) is 48.5 Å². The first-order valence-electron chi connectivity index (χ1n) is 9.05. The van der Waals surface area contributed by atoms with Crippen LogP contribution in [0.3, 0.4) is 0 Å². The van der Waals surface area contributed by atoms with Gasteiger partial charge in [0, 0.05) is 26.6 Å². The minimum Gasteiger partial charge on any atom is -0.495 e. The molecule has 1 aliphatic rings. The van der Waals surface area contributed by atoms with E-state index in [2.05, 4.69) is 0 Å². The number of hydrogen-bond acceptors (Lipinski definition) is 3. The van der Waals surface area contributed by atoms with Gasteiger partial charge in [-0.1, -0.05) is 24.3 Å². The van der Waals surface area contributed by atoms with E-state index >= 15 is 0 Å². The summed E-state index contributed by atoms with van der Waals surface area (Å²) in [6.45, 7) is 0.395. The fraction of sp³-hybridized carbons (Fsp3) is 0.333. The van der Waals surface area contributed by atoms with E-state index in [1.165, 1.54) is 29.0 Å². The van der Waals surface area contributed by atoms with Crippen LogP contribution in [0.4, 0.5) is 18.9 Å². The van der Waals surface area contributed by atoms with Crippen molar-refractivity contribution in [1.82, 2.24) is 4.90 Å². The smallest absolute Gasteiger partial charge is 0.416 e. The van der Waals surface area contributed by atoms with Gasteiger partial charge in [-0.2, -0.15) is 13.2 Å². The molecule has 1 atom stereocenters. The summed E-state index contributed by atoms with van der Waals surface area (Å²) in [5.41, 5.74) is 0.463. The molecule has 1 heterocycles. The Labute approximate surface area is 166 Å². The number of halogens is 3.